The standard InChI is InChI=1S/C22H26Cl2O2Si/c1-4-27(5-2,6-3)26-22-18-10-8-7-9-16(18)17(14-21(22)25-22)15-11-12-19(23)20(24)13-15/h7-13,17,21H,4-6,14H2,1-3H3/t17-,21?,22?/m1/s1. The van der Waals surface area contributed by atoms with Crippen LogP contribution in [0.3, 0.4) is 0 Å². The SMILES string of the molecule is CC[Si](CC)(CC)OC12OC1C[C@H](c1ccc(Cl)c(Cl)c1)c1ccccc12. The lowest BCUT2D eigenvalue weighted by Gasteiger charge is -2.36. The van der Waals surface area contributed by atoms with E-state index >= 15 is 0 Å². The number of epoxide rings is 1. The highest BCUT2D eigenvalue weighted by molar-refractivity contribution is 6.73. The third kappa shape index (κ3) is 3.18. The smallest absolute Gasteiger partial charge is 0.213 e. The van der Waals surface area contributed by atoms with Gasteiger partial charge in [-0.1, -0.05) is 74.3 Å². The number of hydrogen-bond donors (Lipinski definition) is 0. The molecule has 2 aromatic rings. The third-order valence-electron chi connectivity index (χ3n) is 6.49. The van der Waals surface area contributed by atoms with E-state index in [1.165, 1.54) is 16.7 Å². The molecular weight excluding hydrogens is 395 g/mol. The average Bonchev–Trinajstić information content (AvgIpc) is 3.42. The second-order valence-electron chi connectivity index (χ2n) is 7.67. The second-order valence-corrected chi connectivity index (χ2v) is 13.2. The van der Waals surface area contributed by atoms with Gasteiger partial charge in [-0.2, -0.15) is 0 Å². The fourth-order valence-electron chi connectivity index (χ4n) is 4.55. The van der Waals surface area contributed by atoms with Gasteiger partial charge in [0.15, 0.2) is 8.32 Å². The maximum Gasteiger partial charge on any atom is 0.213 e. The molecular formula is C22H26Cl2O2Si. The van der Waals surface area contributed by atoms with E-state index in [1.54, 1.807) is 0 Å². The molecule has 0 bridgehead atoms. The number of rotatable bonds is 6. The zero-order valence-corrected chi connectivity index (χ0v) is 18.6. The average molecular weight is 421 g/mol. The van der Waals surface area contributed by atoms with Crippen LogP contribution >= 0.6 is 23.2 Å². The van der Waals surface area contributed by atoms with Gasteiger partial charge in [0.2, 0.25) is 5.79 Å². The number of fused-ring (bicyclic) bond motifs is 3. The Labute approximate surface area is 172 Å². The van der Waals surface area contributed by atoms with Gasteiger partial charge in [-0.05, 0) is 47.8 Å². The van der Waals surface area contributed by atoms with Gasteiger partial charge in [0, 0.05) is 11.5 Å². The highest BCUT2D eigenvalue weighted by atomic mass is 35.5. The molecule has 0 saturated carbocycles. The monoisotopic (exact) mass is 420 g/mol. The lowest BCUT2D eigenvalue weighted by molar-refractivity contribution is 0.0462. The Balaban J connectivity index is 1.74. The molecule has 1 heterocycles. The summed E-state index contributed by atoms with van der Waals surface area (Å²) in [5.41, 5.74) is 3.67. The first-order valence-corrected chi connectivity index (χ1v) is 13.2. The highest BCUT2D eigenvalue weighted by Gasteiger charge is 2.65. The zero-order valence-electron chi connectivity index (χ0n) is 16.1. The lowest BCUT2D eigenvalue weighted by Crippen LogP contribution is -2.42. The minimum Gasteiger partial charge on any atom is -0.385 e. The van der Waals surface area contributed by atoms with E-state index in [0.29, 0.717) is 10.0 Å². The van der Waals surface area contributed by atoms with E-state index < -0.39 is 14.1 Å². The zero-order chi connectivity index (χ0) is 19.2. The van der Waals surface area contributed by atoms with Crippen molar-refractivity contribution in [2.75, 3.05) is 0 Å². The van der Waals surface area contributed by atoms with Gasteiger partial charge in [0.25, 0.3) is 0 Å². The van der Waals surface area contributed by atoms with E-state index in [1.807, 2.05) is 12.1 Å². The fraction of sp³-hybridized carbons (Fsp3) is 0.455. The summed E-state index contributed by atoms with van der Waals surface area (Å²) in [4.78, 5) is 0. The van der Waals surface area contributed by atoms with E-state index in [2.05, 4.69) is 51.1 Å². The molecule has 1 aliphatic carbocycles. The van der Waals surface area contributed by atoms with Crippen molar-refractivity contribution in [3.63, 3.8) is 0 Å². The summed E-state index contributed by atoms with van der Waals surface area (Å²) in [7, 11) is -1.79. The van der Waals surface area contributed by atoms with Crippen LogP contribution in [-0.4, -0.2) is 14.4 Å². The van der Waals surface area contributed by atoms with Crippen molar-refractivity contribution in [1.82, 2.24) is 0 Å². The summed E-state index contributed by atoms with van der Waals surface area (Å²) in [6.45, 7) is 6.79. The van der Waals surface area contributed by atoms with Crippen LogP contribution in [-0.2, 0) is 14.9 Å². The second kappa shape index (κ2) is 7.20. The number of ether oxygens (including phenoxy) is 1. The van der Waals surface area contributed by atoms with Gasteiger partial charge >= 0.3 is 0 Å². The summed E-state index contributed by atoms with van der Waals surface area (Å²) in [5, 5.41) is 1.19. The van der Waals surface area contributed by atoms with Crippen LogP contribution in [0.2, 0.25) is 28.2 Å². The first-order valence-electron chi connectivity index (χ1n) is 9.91. The van der Waals surface area contributed by atoms with Crippen LogP contribution in [0.5, 0.6) is 0 Å². The van der Waals surface area contributed by atoms with Crippen molar-refractivity contribution in [3.05, 3.63) is 69.2 Å². The first kappa shape index (κ1) is 19.5. The summed E-state index contributed by atoms with van der Waals surface area (Å²) in [6, 6.07) is 17.9. The van der Waals surface area contributed by atoms with Crippen molar-refractivity contribution in [1.29, 1.82) is 0 Å². The van der Waals surface area contributed by atoms with Gasteiger partial charge < -0.3 is 9.16 Å². The summed E-state index contributed by atoms with van der Waals surface area (Å²) < 4.78 is 13.2. The Morgan fingerprint density at radius 3 is 2.41 bits per heavy atom. The molecule has 4 rings (SSSR count). The highest BCUT2D eigenvalue weighted by Crippen LogP contribution is 2.60. The van der Waals surface area contributed by atoms with Crippen LogP contribution in [0.25, 0.3) is 0 Å². The maximum atomic E-state index is 6.91. The molecule has 2 aliphatic rings. The molecule has 0 aromatic heterocycles. The van der Waals surface area contributed by atoms with Crippen molar-refractivity contribution in [3.8, 4) is 0 Å². The Bertz CT molecular complexity index is 844. The van der Waals surface area contributed by atoms with Crippen molar-refractivity contribution >= 4 is 31.5 Å². The first-order chi connectivity index (χ1) is 13.0. The molecule has 2 nitrogen and oxygen atoms in total. The van der Waals surface area contributed by atoms with Crippen LogP contribution in [0, 0.1) is 0 Å². The fourth-order valence-corrected chi connectivity index (χ4v) is 7.73. The molecule has 0 N–H and O–H groups in total. The molecule has 0 spiro atoms. The lowest BCUT2D eigenvalue weighted by atomic mass is 9.78. The summed E-state index contributed by atoms with van der Waals surface area (Å²) >= 11 is 12.4. The molecule has 2 aromatic carbocycles. The molecule has 1 fully saturated rings. The van der Waals surface area contributed by atoms with Crippen LogP contribution in [0.15, 0.2) is 42.5 Å². The third-order valence-corrected chi connectivity index (χ3v) is 11.8. The Morgan fingerprint density at radius 1 is 1.04 bits per heavy atom. The molecule has 27 heavy (non-hydrogen) atoms. The number of benzene rings is 2. The van der Waals surface area contributed by atoms with Gasteiger partial charge in [-0.15, -0.1) is 0 Å². The predicted octanol–water partition coefficient (Wildman–Crippen LogP) is 7.10. The molecule has 1 aliphatic heterocycles. The van der Waals surface area contributed by atoms with Crippen LogP contribution in [0.1, 0.15) is 49.8 Å². The molecule has 5 heteroatoms. The minimum absolute atomic E-state index is 0.114. The van der Waals surface area contributed by atoms with Gasteiger partial charge in [-0.25, -0.2) is 0 Å². The predicted molar refractivity (Wildman–Crippen MR) is 114 cm³/mol. The van der Waals surface area contributed by atoms with E-state index in [0.717, 1.165) is 24.6 Å². The molecule has 3 atom stereocenters. The quantitative estimate of drug-likeness (QED) is 0.366. The normalized spacial score (nSPS) is 26.4. The van der Waals surface area contributed by atoms with Crippen molar-refractivity contribution in [2.45, 2.75) is 63.1 Å². The van der Waals surface area contributed by atoms with Crippen LogP contribution < -0.4 is 0 Å². The Hall–Kier alpha value is -0.843. The topological polar surface area (TPSA) is 21.8 Å². The molecule has 144 valence electrons. The van der Waals surface area contributed by atoms with Crippen molar-refractivity contribution < 1.29 is 9.16 Å². The minimum atomic E-state index is -1.79. The van der Waals surface area contributed by atoms with Gasteiger partial charge in [0.05, 0.1) is 10.0 Å². The largest absolute Gasteiger partial charge is 0.385 e. The molecule has 0 radical (unpaired) electrons. The van der Waals surface area contributed by atoms with Crippen molar-refractivity contribution in [2.24, 2.45) is 0 Å². The molecule has 1 saturated heterocycles. The Morgan fingerprint density at radius 2 is 1.74 bits per heavy atom. The molecule has 2 unspecified atom stereocenters. The van der Waals surface area contributed by atoms with Gasteiger partial charge in [-0.3, -0.25) is 0 Å². The Kier molecular flexibility index (Phi) is 5.19. The number of hydrogen-bond acceptors (Lipinski definition) is 2. The van der Waals surface area contributed by atoms with E-state index in [9.17, 15) is 0 Å². The summed E-state index contributed by atoms with van der Waals surface area (Å²) in [5.74, 6) is -0.279. The number of halogens is 2. The molecule has 0 amide bonds. The maximum absolute atomic E-state index is 6.91. The summed E-state index contributed by atoms with van der Waals surface area (Å²) in [6.07, 6.45) is 1.03. The van der Waals surface area contributed by atoms with E-state index in [4.69, 9.17) is 32.4 Å². The van der Waals surface area contributed by atoms with Crippen LogP contribution in [0.4, 0.5) is 0 Å². The van der Waals surface area contributed by atoms with Gasteiger partial charge in [0.1, 0.15) is 6.10 Å². The van der Waals surface area contributed by atoms with E-state index in [-0.39, 0.29) is 12.0 Å².